The van der Waals surface area contributed by atoms with Crippen molar-refractivity contribution in [1.29, 1.82) is 0 Å². The Balaban J connectivity index is 2.77. The van der Waals surface area contributed by atoms with E-state index >= 15 is 0 Å². The molecule has 0 aliphatic carbocycles. The third kappa shape index (κ3) is 4.35. The molecule has 0 amide bonds. The highest BCUT2D eigenvalue weighted by molar-refractivity contribution is 5.79. The van der Waals surface area contributed by atoms with Gasteiger partial charge in [-0.2, -0.15) is 0 Å². The van der Waals surface area contributed by atoms with E-state index in [1.54, 1.807) is 21.3 Å². The highest BCUT2D eigenvalue weighted by Crippen LogP contribution is 2.30. The second-order valence-electron chi connectivity index (χ2n) is 4.38. The smallest absolute Gasteiger partial charge is 0.191 e. The van der Waals surface area contributed by atoms with Gasteiger partial charge in [-0.25, -0.2) is 0 Å². The Morgan fingerprint density at radius 1 is 1.26 bits per heavy atom. The van der Waals surface area contributed by atoms with Crippen molar-refractivity contribution in [1.82, 2.24) is 10.6 Å². The maximum absolute atomic E-state index is 5.39. The topological polar surface area (TPSA) is 54.9 Å². The van der Waals surface area contributed by atoms with Crippen molar-refractivity contribution < 1.29 is 9.47 Å². The summed E-state index contributed by atoms with van der Waals surface area (Å²) in [7, 11) is 5.03. The van der Waals surface area contributed by atoms with Gasteiger partial charge in [0, 0.05) is 25.2 Å². The number of benzene rings is 1. The van der Waals surface area contributed by atoms with Gasteiger partial charge in [0.2, 0.25) is 0 Å². The molecule has 0 aromatic heterocycles. The molecule has 1 aromatic rings. The molecule has 0 saturated carbocycles. The first kappa shape index (κ1) is 15.1. The zero-order valence-corrected chi connectivity index (χ0v) is 12.3. The van der Waals surface area contributed by atoms with Gasteiger partial charge < -0.3 is 20.1 Å². The van der Waals surface area contributed by atoms with Crippen LogP contribution in [0.5, 0.6) is 11.5 Å². The lowest BCUT2D eigenvalue weighted by molar-refractivity contribution is 0.351. The van der Waals surface area contributed by atoms with Crippen molar-refractivity contribution in [2.24, 2.45) is 4.99 Å². The van der Waals surface area contributed by atoms with Crippen LogP contribution in [-0.4, -0.2) is 33.3 Å². The molecular weight excluding hydrogens is 242 g/mol. The zero-order chi connectivity index (χ0) is 14.3. The van der Waals surface area contributed by atoms with E-state index in [2.05, 4.69) is 29.5 Å². The van der Waals surface area contributed by atoms with Gasteiger partial charge in [0.1, 0.15) is 0 Å². The molecule has 0 radical (unpaired) electrons. The van der Waals surface area contributed by atoms with Gasteiger partial charge >= 0.3 is 0 Å². The van der Waals surface area contributed by atoms with E-state index in [-0.39, 0.29) is 0 Å². The molecule has 5 nitrogen and oxygen atoms in total. The Morgan fingerprint density at radius 3 is 2.53 bits per heavy atom. The molecule has 2 N–H and O–H groups in total. The summed E-state index contributed by atoms with van der Waals surface area (Å²) < 4.78 is 10.7. The molecule has 106 valence electrons. The van der Waals surface area contributed by atoms with Crippen LogP contribution in [0.3, 0.4) is 0 Å². The van der Waals surface area contributed by atoms with Crippen LogP contribution in [0.1, 0.15) is 19.4 Å². The first-order chi connectivity index (χ1) is 9.12. The molecule has 0 aliphatic rings. The Bertz CT molecular complexity index is 431. The fourth-order valence-corrected chi connectivity index (χ4v) is 1.74. The van der Waals surface area contributed by atoms with E-state index in [1.807, 2.05) is 18.2 Å². The minimum Gasteiger partial charge on any atom is -0.493 e. The van der Waals surface area contributed by atoms with Crippen LogP contribution in [-0.2, 0) is 6.54 Å². The van der Waals surface area contributed by atoms with E-state index in [4.69, 9.17) is 9.47 Å². The monoisotopic (exact) mass is 265 g/mol. The van der Waals surface area contributed by atoms with Gasteiger partial charge in [0.15, 0.2) is 17.5 Å². The van der Waals surface area contributed by atoms with Gasteiger partial charge in [-0.1, -0.05) is 12.1 Å². The third-order valence-electron chi connectivity index (χ3n) is 2.58. The quantitative estimate of drug-likeness (QED) is 0.629. The lowest BCUT2D eigenvalue weighted by atomic mass is 10.2. The summed E-state index contributed by atoms with van der Waals surface area (Å²) in [5.41, 5.74) is 1.02. The molecule has 0 saturated heterocycles. The van der Waals surface area contributed by atoms with Crippen molar-refractivity contribution in [3.63, 3.8) is 0 Å². The predicted molar refractivity (Wildman–Crippen MR) is 78.0 cm³/mol. The molecule has 19 heavy (non-hydrogen) atoms. The molecule has 0 fully saturated rings. The predicted octanol–water partition coefficient (Wildman–Crippen LogP) is 1.78. The second-order valence-corrected chi connectivity index (χ2v) is 4.38. The van der Waals surface area contributed by atoms with Crippen LogP contribution in [0.25, 0.3) is 0 Å². The van der Waals surface area contributed by atoms with E-state index in [1.165, 1.54) is 0 Å². The van der Waals surface area contributed by atoms with Crippen molar-refractivity contribution in [3.8, 4) is 11.5 Å². The van der Waals surface area contributed by atoms with E-state index in [0.717, 1.165) is 23.0 Å². The van der Waals surface area contributed by atoms with E-state index < -0.39 is 0 Å². The van der Waals surface area contributed by atoms with Crippen LogP contribution in [0.4, 0.5) is 0 Å². The molecule has 1 aromatic carbocycles. The molecule has 0 bridgehead atoms. The number of rotatable bonds is 5. The Morgan fingerprint density at radius 2 is 2.00 bits per heavy atom. The summed E-state index contributed by atoms with van der Waals surface area (Å²) in [6.07, 6.45) is 0. The minimum absolute atomic E-state index is 0.332. The summed E-state index contributed by atoms with van der Waals surface area (Å²) in [6.45, 7) is 4.75. The average Bonchev–Trinajstić information content (AvgIpc) is 2.42. The van der Waals surface area contributed by atoms with Crippen molar-refractivity contribution in [2.45, 2.75) is 26.4 Å². The maximum Gasteiger partial charge on any atom is 0.191 e. The molecular formula is C14H23N3O2. The summed E-state index contributed by atoms with van der Waals surface area (Å²) in [5, 5.41) is 6.48. The molecule has 0 unspecified atom stereocenters. The fourth-order valence-electron chi connectivity index (χ4n) is 1.74. The minimum atomic E-state index is 0.332. The number of nitrogens with zero attached hydrogens (tertiary/aromatic N) is 1. The first-order valence-corrected chi connectivity index (χ1v) is 6.29. The number of nitrogens with one attached hydrogen (secondary N) is 2. The van der Waals surface area contributed by atoms with Gasteiger partial charge in [0.25, 0.3) is 0 Å². The van der Waals surface area contributed by atoms with Crippen molar-refractivity contribution in [2.75, 3.05) is 21.3 Å². The molecule has 0 heterocycles. The molecule has 1 rings (SSSR count). The maximum atomic E-state index is 5.39. The van der Waals surface area contributed by atoms with Gasteiger partial charge in [0.05, 0.1) is 14.2 Å². The standard InChI is InChI=1S/C14H23N3O2/c1-10(2)17-14(15-3)16-9-11-7-6-8-12(18-4)13(11)19-5/h6-8,10H,9H2,1-5H3,(H2,15,16,17). The number of hydrogen-bond acceptors (Lipinski definition) is 3. The summed E-state index contributed by atoms with van der Waals surface area (Å²) in [5.74, 6) is 2.24. The number of para-hydroxylation sites is 1. The van der Waals surface area contributed by atoms with Crippen molar-refractivity contribution in [3.05, 3.63) is 23.8 Å². The van der Waals surface area contributed by atoms with Gasteiger partial charge in [-0.15, -0.1) is 0 Å². The van der Waals surface area contributed by atoms with Crippen LogP contribution in [0, 0.1) is 0 Å². The molecule has 0 atom stereocenters. The Labute approximate surface area is 115 Å². The van der Waals surface area contributed by atoms with E-state index in [9.17, 15) is 0 Å². The van der Waals surface area contributed by atoms with Crippen LogP contribution >= 0.6 is 0 Å². The summed E-state index contributed by atoms with van der Waals surface area (Å²) in [6, 6.07) is 6.15. The normalized spacial score (nSPS) is 11.4. The number of guanidine groups is 1. The van der Waals surface area contributed by atoms with Gasteiger partial charge in [-0.3, -0.25) is 4.99 Å². The first-order valence-electron chi connectivity index (χ1n) is 6.29. The fraction of sp³-hybridized carbons (Fsp3) is 0.500. The van der Waals surface area contributed by atoms with Crippen molar-refractivity contribution >= 4 is 5.96 Å². The number of methoxy groups -OCH3 is 2. The zero-order valence-electron chi connectivity index (χ0n) is 12.3. The third-order valence-corrected chi connectivity index (χ3v) is 2.58. The van der Waals surface area contributed by atoms with E-state index in [0.29, 0.717) is 12.6 Å². The lowest BCUT2D eigenvalue weighted by Gasteiger charge is -2.16. The highest BCUT2D eigenvalue weighted by Gasteiger charge is 2.09. The number of ether oxygens (including phenoxy) is 2. The SMILES string of the molecule is CN=C(NCc1cccc(OC)c1OC)NC(C)C. The Kier molecular flexibility index (Phi) is 5.99. The molecule has 0 aliphatic heterocycles. The number of aliphatic imine (C=N–C) groups is 1. The second kappa shape index (κ2) is 7.51. The van der Waals surface area contributed by atoms with Crippen LogP contribution in [0.15, 0.2) is 23.2 Å². The average molecular weight is 265 g/mol. The van der Waals surface area contributed by atoms with Gasteiger partial charge in [-0.05, 0) is 19.9 Å². The van der Waals surface area contributed by atoms with Crippen LogP contribution < -0.4 is 20.1 Å². The molecule has 5 heteroatoms. The van der Waals surface area contributed by atoms with Crippen LogP contribution in [0.2, 0.25) is 0 Å². The summed E-state index contributed by atoms with van der Waals surface area (Å²) >= 11 is 0. The summed E-state index contributed by atoms with van der Waals surface area (Å²) in [4.78, 5) is 4.16. The molecule has 0 spiro atoms. The number of hydrogen-bond donors (Lipinski definition) is 2. The Hall–Kier alpha value is -1.91. The highest BCUT2D eigenvalue weighted by atomic mass is 16.5. The lowest BCUT2D eigenvalue weighted by Crippen LogP contribution is -2.40. The largest absolute Gasteiger partial charge is 0.493 e.